The molecule has 2 rings (SSSR count). The zero-order valence-corrected chi connectivity index (χ0v) is 11.1. The van der Waals surface area contributed by atoms with Crippen molar-refractivity contribution in [1.82, 2.24) is 5.32 Å². The molecule has 4 heteroatoms. The predicted octanol–water partition coefficient (Wildman–Crippen LogP) is 2.02. The molecule has 2 N–H and O–H groups in total. The van der Waals surface area contributed by atoms with Gasteiger partial charge >= 0.3 is 5.97 Å². The Balaban J connectivity index is 1.89. The third kappa shape index (κ3) is 2.51. The molecule has 2 saturated carbocycles. The second-order valence-corrected chi connectivity index (χ2v) is 6.42. The van der Waals surface area contributed by atoms with Gasteiger partial charge in [0.2, 0.25) is 0 Å². The first-order chi connectivity index (χ1) is 8.44. The summed E-state index contributed by atoms with van der Waals surface area (Å²) in [5, 5.41) is 21.7. The number of carbonyl (C=O) groups is 1. The van der Waals surface area contributed by atoms with Gasteiger partial charge in [0.15, 0.2) is 0 Å². The molecule has 4 nitrogen and oxygen atoms in total. The van der Waals surface area contributed by atoms with Crippen LogP contribution in [0.4, 0.5) is 0 Å². The molecule has 0 heterocycles. The molecule has 0 amide bonds. The van der Waals surface area contributed by atoms with Gasteiger partial charge in [0.1, 0.15) is 0 Å². The van der Waals surface area contributed by atoms with Crippen molar-refractivity contribution in [3.05, 3.63) is 0 Å². The maximum Gasteiger partial charge on any atom is 0.308 e. The minimum absolute atomic E-state index is 0.121. The van der Waals surface area contributed by atoms with Gasteiger partial charge in [-0.15, -0.1) is 0 Å². The molecule has 0 aromatic rings. The Morgan fingerprint density at radius 1 is 1.44 bits per heavy atom. The molecule has 2 fully saturated rings. The Kier molecular flexibility index (Phi) is 3.63. The van der Waals surface area contributed by atoms with Gasteiger partial charge in [0.25, 0.3) is 0 Å². The number of hydrogen-bond donors (Lipinski definition) is 2. The first kappa shape index (κ1) is 13.4. The van der Waals surface area contributed by atoms with Crippen molar-refractivity contribution in [2.75, 3.05) is 6.54 Å². The third-order valence-corrected chi connectivity index (χ3v) is 4.63. The summed E-state index contributed by atoms with van der Waals surface area (Å²) in [5.74, 6) is 0.0310. The molecule has 2 aliphatic carbocycles. The van der Waals surface area contributed by atoms with Crippen molar-refractivity contribution in [1.29, 1.82) is 5.26 Å². The highest BCUT2D eigenvalue weighted by Crippen LogP contribution is 2.48. The molecule has 4 atom stereocenters. The van der Waals surface area contributed by atoms with Crippen LogP contribution in [0.3, 0.4) is 0 Å². The van der Waals surface area contributed by atoms with E-state index in [0.29, 0.717) is 11.8 Å². The summed E-state index contributed by atoms with van der Waals surface area (Å²) in [6.07, 6.45) is 4.07. The van der Waals surface area contributed by atoms with Crippen LogP contribution in [0.2, 0.25) is 0 Å². The molecular formula is C14H22N2O2. The van der Waals surface area contributed by atoms with Crippen molar-refractivity contribution in [3.63, 3.8) is 0 Å². The fourth-order valence-electron chi connectivity index (χ4n) is 3.55. The van der Waals surface area contributed by atoms with E-state index in [1.165, 1.54) is 0 Å². The minimum Gasteiger partial charge on any atom is -0.481 e. The molecule has 0 radical (unpaired) electrons. The Hall–Kier alpha value is -1.08. The SMILES string of the molecule is CC(C)(C#N)CCNC1C2CCC(C2)C1C(=O)O. The topological polar surface area (TPSA) is 73.1 Å². The first-order valence-corrected chi connectivity index (χ1v) is 6.82. The summed E-state index contributed by atoms with van der Waals surface area (Å²) in [6.45, 7) is 4.58. The predicted molar refractivity (Wildman–Crippen MR) is 67.8 cm³/mol. The van der Waals surface area contributed by atoms with Crippen molar-refractivity contribution >= 4 is 5.97 Å². The molecule has 100 valence electrons. The van der Waals surface area contributed by atoms with Crippen LogP contribution in [0.15, 0.2) is 0 Å². The van der Waals surface area contributed by atoms with Crippen molar-refractivity contribution in [2.45, 2.75) is 45.6 Å². The molecule has 2 aliphatic rings. The molecule has 0 aromatic heterocycles. The zero-order valence-electron chi connectivity index (χ0n) is 11.1. The lowest BCUT2D eigenvalue weighted by molar-refractivity contribution is -0.144. The average Bonchev–Trinajstić information content (AvgIpc) is 2.88. The highest BCUT2D eigenvalue weighted by atomic mass is 16.4. The fraction of sp³-hybridized carbons (Fsp3) is 0.857. The van der Waals surface area contributed by atoms with E-state index in [4.69, 9.17) is 5.26 Å². The highest BCUT2D eigenvalue weighted by molar-refractivity contribution is 5.72. The standard InChI is InChI=1S/C14H22N2O2/c1-14(2,8-15)5-6-16-12-10-4-3-9(7-10)11(12)13(17)18/h9-12,16H,3-7H2,1-2H3,(H,17,18). The summed E-state index contributed by atoms with van der Waals surface area (Å²) < 4.78 is 0. The lowest BCUT2D eigenvalue weighted by atomic mass is 9.84. The van der Waals surface area contributed by atoms with Crippen LogP contribution in [0, 0.1) is 34.5 Å². The molecule has 18 heavy (non-hydrogen) atoms. The van der Waals surface area contributed by atoms with Crippen LogP contribution in [-0.2, 0) is 4.79 Å². The van der Waals surface area contributed by atoms with Gasteiger partial charge in [-0.05, 0) is 57.9 Å². The molecular weight excluding hydrogens is 228 g/mol. The number of nitriles is 1. The number of nitrogens with one attached hydrogen (secondary N) is 1. The first-order valence-electron chi connectivity index (χ1n) is 6.82. The largest absolute Gasteiger partial charge is 0.481 e. The minimum atomic E-state index is -0.653. The van der Waals surface area contributed by atoms with Gasteiger partial charge in [-0.1, -0.05) is 0 Å². The van der Waals surface area contributed by atoms with Gasteiger partial charge in [0, 0.05) is 6.04 Å². The van der Waals surface area contributed by atoms with E-state index in [1.54, 1.807) is 0 Å². The summed E-state index contributed by atoms with van der Waals surface area (Å²) in [7, 11) is 0. The number of aliphatic carboxylic acids is 1. The van der Waals surface area contributed by atoms with Crippen molar-refractivity contribution in [2.24, 2.45) is 23.2 Å². The Morgan fingerprint density at radius 2 is 2.11 bits per heavy atom. The summed E-state index contributed by atoms with van der Waals surface area (Å²) in [6, 6.07) is 2.40. The van der Waals surface area contributed by atoms with Crippen LogP contribution < -0.4 is 5.32 Å². The Labute approximate surface area is 108 Å². The lowest BCUT2D eigenvalue weighted by Gasteiger charge is -2.29. The Bertz CT molecular complexity index is 372. The van der Waals surface area contributed by atoms with Gasteiger partial charge < -0.3 is 10.4 Å². The number of carboxylic acid groups (broad SMARTS) is 1. The van der Waals surface area contributed by atoms with Crippen LogP contribution >= 0.6 is 0 Å². The molecule has 0 spiro atoms. The second-order valence-electron chi connectivity index (χ2n) is 6.42. The smallest absolute Gasteiger partial charge is 0.308 e. The van der Waals surface area contributed by atoms with Crippen LogP contribution in [0.5, 0.6) is 0 Å². The van der Waals surface area contributed by atoms with E-state index in [2.05, 4.69) is 11.4 Å². The average molecular weight is 250 g/mol. The van der Waals surface area contributed by atoms with E-state index in [0.717, 1.165) is 32.2 Å². The maximum absolute atomic E-state index is 11.3. The Morgan fingerprint density at radius 3 is 2.72 bits per heavy atom. The van der Waals surface area contributed by atoms with E-state index >= 15 is 0 Å². The number of rotatable bonds is 5. The quantitative estimate of drug-likeness (QED) is 0.783. The van der Waals surface area contributed by atoms with Crippen LogP contribution in [-0.4, -0.2) is 23.7 Å². The molecule has 4 unspecified atom stereocenters. The van der Waals surface area contributed by atoms with Gasteiger partial charge in [-0.25, -0.2) is 0 Å². The van der Waals surface area contributed by atoms with E-state index in [1.807, 2.05) is 13.8 Å². The van der Waals surface area contributed by atoms with Crippen molar-refractivity contribution < 1.29 is 9.90 Å². The van der Waals surface area contributed by atoms with E-state index < -0.39 is 5.97 Å². The summed E-state index contributed by atoms with van der Waals surface area (Å²) in [4.78, 5) is 11.3. The van der Waals surface area contributed by atoms with Crippen LogP contribution in [0.25, 0.3) is 0 Å². The maximum atomic E-state index is 11.3. The fourth-order valence-corrected chi connectivity index (χ4v) is 3.55. The van der Waals surface area contributed by atoms with Crippen LogP contribution in [0.1, 0.15) is 39.5 Å². The number of nitrogens with zero attached hydrogens (tertiary/aromatic N) is 1. The molecule has 2 bridgehead atoms. The number of fused-ring (bicyclic) bond motifs is 2. The van der Waals surface area contributed by atoms with Gasteiger partial charge in [-0.2, -0.15) is 5.26 Å². The highest BCUT2D eigenvalue weighted by Gasteiger charge is 2.50. The summed E-state index contributed by atoms with van der Waals surface area (Å²) >= 11 is 0. The molecule has 0 saturated heterocycles. The van der Waals surface area contributed by atoms with E-state index in [-0.39, 0.29) is 17.4 Å². The number of carboxylic acids is 1. The summed E-state index contributed by atoms with van der Waals surface area (Å²) in [5.41, 5.74) is -0.330. The van der Waals surface area contributed by atoms with Crippen molar-refractivity contribution in [3.8, 4) is 6.07 Å². The lowest BCUT2D eigenvalue weighted by Crippen LogP contribution is -2.45. The molecule has 0 aliphatic heterocycles. The monoisotopic (exact) mass is 250 g/mol. The van der Waals surface area contributed by atoms with Gasteiger partial charge in [0.05, 0.1) is 17.4 Å². The van der Waals surface area contributed by atoms with E-state index in [9.17, 15) is 9.90 Å². The molecule has 0 aromatic carbocycles. The normalized spacial score (nSPS) is 34.5. The second kappa shape index (κ2) is 4.89. The third-order valence-electron chi connectivity index (χ3n) is 4.63. The van der Waals surface area contributed by atoms with Gasteiger partial charge in [-0.3, -0.25) is 4.79 Å². The zero-order chi connectivity index (χ0) is 13.3. The number of hydrogen-bond acceptors (Lipinski definition) is 3.